The van der Waals surface area contributed by atoms with E-state index in [9.17, 15) is 0 Å². The molecule has 82 valence electrons. The molecular weight excluding hydrogens is 194 g/mol. The van der Waals surface area contributed by atoms with Crippen molar-refractivity contribution in [3.63, 3.8) is 0 Å². The van der Waals surface area contributed by atoms with Crippen LogP contribution in [-0.4, -0.2) is 13.6 Å². The van der Waals surface area contributed by atoms with Crippen molar-refractivity contribution in [2.45, 2.75) is 19.3 Å². The van der Waals surface area contributed by atoms with Crippen LogP contribution in [0.2, 0.25) is 0 Å². The summed E-state index contributed by atoms with van der Waals surface area (Å²) in [6.45, 7) is 5.74. The van der Waals surface area contributed by atoms with E-state index in [2.05, 4.69) is 62.2 Å². The minimum atomic E-state index is 0.239. The highest BCUT2D eigenvalue weighted by Gasteiger charge is 2.30. The topological polar surface area (TPSA) is 3.24 Å². The zero-order valence-electron chi connectivity index (χ0n) is 10.1. The fourth-order valence-corrected chi connectivity index (χ4v) is 2.97. The van der Waals surface area contributed by atoms with Crippen LogP contribution >= 0.6 is 0 Å². The first-order chi connectivity index (χ1) is 7.59. The largest absolute Gasteiger partial charge is 0.373 e. The number of rotatable bonds is 0. The Hall–Kier alpha value is -1.50. The SMILES string of the molecule is CN1CC(C)(C)c2cccc3cccc1c23. The summed E-state index contributed by atoms with van der Waals surface area (Å²) in [5.74, 6) is 0. The Kier molecular flexibility index (Phi) is 1.82. The van der Waals surface area contributed by atoms with Crippen molar-refractivity contribution >= 4 is 16.5 Å². The van der Waals surface area contributed by atoms with Crippen LogP contribution in [0.3, 0.4) is 0 Å². The van der Waals surface area contributed by atoms with Gasteiger partial charge in [-0.15, -0.1) is 0 Å². The van der Waals surface area contributed by atoms with Gasteiger partial charge in [0.15, 0.2) is 0 Å². The highest BCUT2D eigenvalue weighted by Crippen LogP contribution is 2.41. The third-order valence-corrected chi connectivity index (χ3v) is 3.66. The quantitative estimate of drug-likeness (QED) is 0.644. The molecular formula is C15H17N. The maximum atomic E-state index is 2.37. The molecule has 0 spiro atoms. The van der Waals surface area contributed by atoms with Gasteiger partial charge in [-0.1, -0.05) is 44.2 Å². The monoisotopic (exact) mass is 211 g/mol. The number of likely N-dealkylation sites (N-methyl/N-ethyl adjacent to an activating group) is 1. The van der Waals surface area contributed by atoms with Gasteiger partial charge in [0.25, 0.3) is 0 Å². The van der Waals surface area contributed by atoms with Crippen LogP contribution in [0.1, 0.15) is 19.4 Å². The fourth-order valence-electron chi connectivity index (χ4n) is 2.97. The maximum absolute atomic E-state index is 2.37. The Morgan fingerprint density at radius 3 is 2.50 bits per heavy atom. The lowest BCUT2D eigenvalue weighted by Gasteiger charge is -2.39. The number of nitrogens with zero attached hydrogens (tertiary/aromatic N) is 1. The predicted octanol–water partition coefficient (Wildman–Crippen LogP) is 3.57. The fraction of sp³-hybridized carbons (Fsp3) is 0.333. The predicted molar refractivity (Wildman–Crippen MR) is 70.2 cm³/mol. The molecule has 1 aliphatic heterocycles. The highest BCUT2D eigenvalue weighted by molar-refractivity contribution is 5.98. The molecule has 0 unspecified atom stereocenters. The average molecular weight is 211 g/mol. The van der Waals surface area contributed by atoms with Crippen LogP contribution in [0.15, 0.2) is 36.4 Å². The van der Waals surface area contributed by atoms with E-state index in [1.54, 1.807) is 0 Å². The molecule has 0 amide bonds. The summed E-state index contributed by atoms with van der Waals surface area (Å²) < 4.78 is 0. The lowest BCUT2D eigenvalue weighted by molar-refractivity contribution is 0.521. The molecule has 2 aromatic rings. The molecule has 1 aliphatic rings. The average Bonchev–Trinajstić information content (AvgIpc) is 2.25. The Bertz CT molecular complexity index is 549. The van der Waals surface area contributed by atoms with Gasteiger partial charge in [-0.2, -0.15) is 0 Å². The van der Waals surface area contributed by atoms with Crippen molar-refractivity contribution in [2.75, 3.05) is 18.5 Å². The van der Waals surface area contributed by atoms with Crippen molar-refractivity contribution in [3.8, 4) is 0 Å². The second-order valence-corrected chi connectivity index (χ2v) is 5.42. The van der Waals surface area contributed by atoms with E-state index >= 15 is 0 Å². The molecule has 3 rings (SSSR count). The molecule has 0 atom stereocenters. The molecule has 0 aliphatic carbocycles. The normalized spacial score (nSPS) is 17.8. The van der Waals surface area contributed by atoms with Crippen LogP contribution in [0.25, 0.3) is 10.8 Å². The van der Waals surface area contributed by atoms with Crippen LogP contribution in [0.5, 0.6) is 0 Å². The number of anilines is 1. The molecule has 2 aromatic carbocycles. The van der Waals surface area contributed by atoms with Crippen LogP contribution in [0, 0.1) is 0 Å². The van der Waals surface area contributed by atoms with E-state index in [1.807, 2.05) is 0 Å². The molecule has 0 fully saturated rings. The van der Waals surface area contributed by atoms with Crippen LogP contribution < -0.4 is 4.90 Å². The first-order valence-corrected chi connectivity index (χ1v) is 5.83. The summed E-state index contributed by atoms with van der Waals surface area (Å²) in [6, 6.07) is 13.2. The van der Waals surface area contributed by atoms with Gasteiger partial charge in [-0.3, -0.25) is 0 Å². The van der Waals surface area contributed by atoms with Crippen molar-refractivity contribution in [3.05, 3.63) is 42.0 Å². The molecule has 1 heteroatoms. The molecule has 0 N–H and O–H groups in total. The molecule has 0 saturated carbocycles. The third kappa shape index (κ3) is 1.18. The first kappa shape index (κ1) is 9.71. The van der Waals surface area contributed by atoms with Crippen molar-refractivity contribution in [2.24, 2.45) is 0 Å². The molecule has 0 aromatic heterocycles. The Morgan fingerprint density at radius 2 is 1.75 bits per heavy atom. The van der Waals surface area contributed by atoms with Gasteiger partial charge in [0.1, 0.15) is 0 Å². The van der Waals surface area contributed by atoms with E-state index in [4.69, 9.17) is 0 Å². The van der Waals surface area contributed by atoms with E-state index < -0.39 is 0 Å². The van der Waals surface area contributed by atoms with Crippen LogP contribution in [0.4, 0.5) is 5.69 Å². The second kappa shape index (κ2) is 3.00. The van der Waals surface area contributed by atoms with Crippen molar-refractivity contribution in [1.82, 2.24) is 0 Å². The number of benzene rings is 2. The van der Waals surface area contributed by atoms with Gasteiger partial charge >= 0.3 is 0 Å². The van der Waals surface area contributed by atoms with Gasteiger partial charge in [0, 0.05) is 30.1 Å². The third-order valence-electron chi connectivity index (χ3n) is 3.66. The zero-order valence-corrected chi connectivity index (χ0v) is 10.1. The molecule has 0 saturated heterocycles. The Morgan fingerprint density at radius 1 is 1.06 bits per heavy atom. The smallest absolute Gasteiger partial charge is 0.0446 e. The van der Waals surface area contributed by atoms with E-state index in [0.717, 1.165) is 6.54 Å². The van der Waals surface area contributed by atoms with E-state index in [-0.39, 0.29) is 5.41 Å². The van der Waals surface area contributed by atoms with Gasteiger partial charge in [0.2, 0.25) is 0 Å². The van der Waals surface area contributed by atoms with Gasteiger partial charge in [0.05, 0.1) is 0 Å². The molecule has 0 radical (unpaired) electrons. The minimum absolute atomic E-state index is 0.239. The standard InChI is InChI=1S/C15H17N/c1-15(2)10-16(3)13-9-5-7-11-6-4-8-12(15)14(11)13/h4-9H,10H2,1-3H3. The van der Waals surface area contributed by atoms with Crippen molar-refractivity contribution < 1.29 is 0 Å². The Labute approximate surface area is 96.7 Å². The molecule has 1 heterocycles. The molecule has 0 bridgehead atoms. The summed E-state index contributed by atoms with van der Waals surface area (Å²) in [7, 11) is 2.19. The molecule has 16 heavy (non-hydrogen) atoms. The summed E-state index contributed by atoms with van der Waals surface area (Å²) in [4.78, 5) is 2.37. The minimum Gasteiger partial charge on any atom is -0.373 e. The first-order valence-electron chi connectivity index (χ1n) is 5.83. The number of hydrogen-bond donors (Lipinski definition) is 0. The zero-order chi connectivity index (χ0) is 11.3. The lowest BCUT2D eigenvalue weighted by Crippen LogP contribution is -2.38. The highest BCUT2D eigenvalue weighted by atomic mass is 15.1. The van der Waals surface area contributed by atoms with E-state index in [1.165, 1.54) is 22.0 Å². The summed E-state index contributed by atoms with van der Waals surface area (Å²) in [6.07, 6.45) is 0. The summed E-state index contributed by atoms with van der Waals surface area (Å²) >= 11 is 0. The van der Waals surface area contributed by atoms with E-state index in [0.29, 0.717) is 0 Å². The van der Waals surface area contributed by atoms with Gasteiger partial charge < -0.3 is 4.90 Å². The Balaban J connectivity index is 2.47. The summed E-state index contributed by atoms with van der Waals surface area (Å²) in [5.41, 5.74) is 3.09. The summed E-state index contributed by atoms with van der Waals surface area (Å²) in [5, 5.41) is 2.79. The number of hydrogen-bond acceptors (Lipinski definition) is 1. The van der Waals surface area contributed by atoms with Gasteiger partial charge in [-0.25, -0.2) is 0 Å². The van der Waals surface area contributed by atoms with Crippen molar-refractivity contribution in [1.29, 1.82) is 0 Å². The maximum Gasteiger partial charge on any atom is 0.0446 e. The lowest BCUT2D eigenvalue weighted by atomic mass is 9.78. The van der Waals surface area contributed by atoms with Gasteiger partial charge in [-0.05, 0) is 17.0 Å². The molecule has 1 nitrogen and oxygen atoms in total. The van der Waals surface area contributed by atoms with Crippen LogP contribution in [-0.2, 0) is 5.41 Å². The second-order valence-electron chi connectivity index (χ2n) is 5.42.